The molecule has 0 aromatic heterocycles. The molecule has 0 N–H and O–H groups in total. The third kappa shape index (κ3) is 154. The van der Waals surface area contributed by atoms with Crippen molar-refractivity contribution in [3.8, 4) is 0 Å². The summed E-state index contributed by atoms with van der Waals surface area (Å²) in [6.07, 6.45) is 0. The van der Waals surface area contributed by atoms with Crippen molar-refractivity contribution in [3.05, 3.63) is 0 Å². The molecule has 0 aliphatic rings. The summed E-state index contributed by atoms with van der Waals surface area (Å²) in [6.45, 7) is 0. The van der Waals surface area contributed by atoms with Gasteiger partial charge in [0, 0.05) is 0 Å². The first-order valence-corrected chi connectivity index (χ1v) is 1.41. The van der Waals surface area contributed by atoms with E-state index < -0.39 is 14.6 Å². The van der Waals surface area contributed by atoms with Crippen molar-refractivity contribution in [2.45, 2.75) is 0 Å². The zero-order valence-electron chi connectivity index (χ0n) is 5.64. The van der Waals surface area contributed by atoms with E-state index in [2.05, 4.69) is 0 Å². The van der Waals surface area contributed by atoms with E-state index in [0.29, 0.717) is 0 Å². The maximum absolute atomic E-state index is 8.42. The molecule has 0 aromatic rings. The summed E-state index contributed by atoms with van der Waals surface area (Å²) in [5.74, 6) is 0. The van der Waals surface area contributed by atoms with Gasteiger partial charge in [-0.05, 0) is 0 Å². The van der Waals surface area contributed by atoms with Crippen LogP contribution in [0.25, 0.3) is 0 Å². The van der Waals surface area contributed by atoms with Crippen LogP contribution in [-0.4, -0.2) is 63.5 Å². The Labute approximate surface area is 148 Å². The number of hydrogen-bond donors (Lipinski definition) is 0. The molecule has 0 aliphatic heterocycles. The standard InChI is InChI=1S/2BO3.Ba.Li.Tb/c2*2-1(3)4;;;/q2*-3;+2;+1;+3. The predicted octanol–water partition coefficient (Wildman–Crippen LogP) is -11.3. The molecule has 0 amide bonds. The third-order valence-corrected chi connectivity index (χ3v) is 0. The first-order chi connectivity index (χ1) is 3.46. The number of hydrogen-bond acceptors (Lipinski definition) is 6. The molecule has 0 rings (SSSR count). The van der Waals surface area contributed by atoms with Gasteiger partial charge in [-0.3, -0.25) is 14.6 Å². The van der Waals surface area contributed by atoms with Gasteiger partial charge in [-0.1, -0.05) is 0 Å². The molecule has 11 heteroatoms. The van der Waals surface area contributed by atoms with Gasteiger partial charge < -0.3 is 30.1 Å². The van der Waals surface area contributed by atoms with Crippen molar-refractivity contribution >= 4 is 63.5 Å². The van der Waals surface area contributed by atoms with Crippen LogP contribution in [0.3, 0.4) is 0 Å². The van der Waals surface area contributed by atoms with Crippen molar-refractivity contribution in [3.63, 3.8) is 0 Å². The van der Waals surface area contributed by atoms with Crippen LogP contribution in [-0.2, 0) is 0 Å². The average Bonchev–Trinajstić information content (AvgIpc) is 1.25. The minimum absolute atomic E-state index is 0. The Morgan fingerprint density at radius 2 is 0.636 bits per heavy atom. The van der Waals surface area contributed by atoms with Crippen molar-refractivity contribution in [1.82, 2.24) is 0 Å². The normalized spacial score (nSPS) is 4.91. The summed E-state index contributed by atoms with van der Waals surface area (Å²) in [7, 11) is -5.83. The second-order valence-corrected chi connectivity index (χ2v) is 0.577. The first-order valence-electron chi connectivity index (χ1n) is 1.41. The van der Waals surface area contributed by atoms with Crippen LogP contribution >= 0.6 is 0 Å². The fourth-order valence-electron chi connectivity index (χ4n) is 0. The van der Waals surface area contributed by atoms with Gasteiger partial charge in [0.15, 0.2) is 0 Å². The van der Waals surface area contributed by atoms with Gasteiger partial charge >= 0.3 is 106 Å². The molecule has 0 unspecified atom stereocenters. The summed E-state index contributed by atoms with van der Waals surface area (Å²) in [4.78, 5) is 0. The van der Waals surface area contributed by atoms with E-state index in [4.69, 9.17) is 30.1 Å². The maximum Gasteiger partial charge on any atom is 3.00 e. The van der Waals surface area contributed by atoms with E-state index in [1.807, 2.05) is 0 Å². The van der Waals surface area contributed by atoms with Crippen molar-refractivity contribution < 1.29 is 87.6 Å². The van der Waals surface area contributed by atoms with Crippen LogP contribution in [0.15, 0.2) is 0 Å². The smallest absolute Gasteiger partial charge is 0.907 e. The molecule has 0 aromatic carbocycles. The molecule has 0 radical (unpaired) electrons. The number of rotatable bonds is 0. The molecule has 0 bridgehead atoms. The van der Waals surface area contributed by atoms with E-state index in [1.54, 1.807) is 0 Å². The van der Waals surface area contributed by atoms with Crippen molar-refractivity contribution in [2.75, 3.05) is 0 Å². The Bertz CT molecular complexity index is 36.1. The first kappa shape index (κ1) is 29.3. The van der Waals surface area contributed by atoms with E-state index in [0.717, 1.165) is 0 Å². The van der Waals surface area contributed by atoms with Crippen LogP contribution in [0, 0.1) is 38.6 Å². The van der Waals surface area contributed by atoms with Gasteiger partial charge in [-0.15, -0.1) is 0 Å². The minimum Gasteiger partial charge on any atom is -0.907 e. The minimum atomic E-state index is -2.92. The van der Waals surface area contributed by atoms with Crippen molar-refractivity contribution in [2.24, 2.45) is 0 Å². The van der Waals surface area contributed by atoms with E-state index in [1.165, 1.54) is 0 Å². The average molecular weight is 421 g/mol. The van der Waals surface area contributed by atoms with Gasteiger partial charge in [0.1, 0.15) is 0 Å². The maximum atomic E-state index is 8.42. The fraction of sp³-hybridized carbons (Fsp3) is 0. The molecule has 11 heavy (non-hydrogen) atoms. The second-order valence-electron chi connectivity index (χ2n) is 0.577. The van der Waals surface area contributed by atoms with Gasteiger partial charge in [-0.25, -0.2) is 0 Å². The molecule has 54 valence electrons. The monoisotopic (exact) mass is 422 g/mol. The summed E-state index contributed by atoms with van der Waals surface area (Å²) in [6, 6.07) is 0. The summed E-state index contributed by atoms with van der Waals surface area (Å²) < 4.78 is 0. The molecular weight excluding hydrogens is 421 g/mol. The molecule has 0 atom stereocenters. The Morgan fingerprint density at radius 1 is 0.636 bits per heavy atom. The van der Waals surface area contributed by atoms with E-state index >= 15 is 0 Å². The molecular formula is B2BaLiO6Tb. The van der Waals surface area contributed by atoms with Gasteiger partial charge in [0.2, 0.25) is 0 Å². The molecule has 0 saturated heterocycles. The molecule has 0 spiro atoms. The van der Waals surface area contributed by atoms with Crippen molar-refractivity contribution in [1.29, 1.82) is 0 Å². The third-order valence-electron chi connectivity index (χ3n) is 0. The summed E-state index contributed by atoms with van der Waals surface area (Å²) >= 11 is 0. The Balaban J connectivity index is -0.0000000171. The van der Waals surface area contributed by atoms with Crippen LogP contribution < -0.4 is 49.0 Å². The van der Waals surface area contributed by atoms with Crippen LogP contribution in [0.2, 0.25) is 0 Å². The summed E-state index contributed by atoms with van der Waals surface area (Å²) in [5, 5.41) is 50.5. The zero-order chi connectivity index (χ0) is 7.15. The molecule has 0 saturated carbocycles. The molecule has 0 aliphatic carbocycles. The van der Waals surface area contributed by atoms with E-state index in [9.17, 15) is 0 Å². The molecule has 6 nitrogen and oxygen atoms in total. The Morgan fingerprint density at radius 3 is 0.636 bits per heavy atom. The Hall–Kier alpha value is 3.34. The topological polar surface area (TPSA) is 138 Å². The quantitative estimate of drug-likeness (QED) is 0.357. The van der Waals surface area contributed by atoms with Crippen LogP contribution in [0.4, 0.5) is 0 Å². The van der Waals surface area contributed by atoms with Gasteiger partial charge in [0.05, 0.1) is 0 Å². The predicted molar refractivity (Wildman–Crippen MR) is 17.3 cm³/mol. The van der Waals surface area contributed by atoms with Gasteiger partial charge in [-0.2, -0.15) is 0 Å². The largest absolute Gasteiger partial charge is 3.00 e. The SMILES string of the molecule is [Ba+2].[Li+].[O-]B([O-])[O-].[O-]B([O-])[O-].[Tb+3]. The molecule has 0 heterocycles. The van der Waals surface area contributed by atoms with Crippen LogP contribution in [0.1, 0.15) is 0 Å². The fourth-order valence-corrected chi connectivity index (χ4v) is 0. The van der Waals surface area contributed by atoms with Gasteiger partial charge in [0.25, 0.3) is 0 Å². The zero-order valence-corrected chi connectivity index (χ0v) is 12.2. The molecule has 0 fully saturated rings. The van der Waals surface area contributed by atoms with Crippen LogP contribution in [0.5, 0.6) is 0 Å². The van der Waals surface area contributed by atoms with E-state index in [-0.39, 0.29) is 106 Å². The Kier molecular flexibility index (Phi) is 61.9. The summed E-state index contributed by atoms with van der Waals surface area (Å²) in [5.41, 5.74) is 0. The second kappa shape index (κ2) is 23.3.